The zero-order valence-electron chi connectivity index (χ0n) is 11.6. The Kier molecular flexibility index (Phi) is 4.09. The number of aryl methyl sites for hydroxylation is 1. The molecule has 0 saturated carbocycles. The third kappa shape index (κ3) is 2.63. The minimum atomic E-state index is -3.52. The monoisotopic (exact) mass is 345 g/mol. The van der Waals surface area contributed by atoms with E-state index in [0.717, 1.165) is 12.0 Å². The number of hydrogen-bond acceptors (Lipinski definition) is 4. The van der Waals surface area contributed by atoms with Crippen LogP contribution in [-0.4, -0.2) is 34.9 Å². The summed E-state index contributed by atoms with van der Waals surface area (Å²) in [6.45, 7) is 2.95. The van der Waals surface area contributed by atoms with Gasteiger partial charge in [0.25, 0.3) is 0 Å². The molecule has 5 nitrogen and oxygen atoms in total. The van der Waals surface area contributed by atoms with Crippen LogP contribution in [0.1, 0.15) is 23.4 Å². The van der Waals surface area contributed by atoms with E-state index < -0.39 is 10.0 Å². The van der Waals surface area contributed by atoms with Crippen molar-refractivity contribution in [3.8, 4) is 0 Å². The molecule has 0 N–H and O–H groups in total. The van der Waals surface area contributed by atoms with Gasteiger partial charge in [-0.25, -0.2) is 8.42 Å². The van der Waals surface area contributed by atoms with Crippen molar-refractivity contribution in [1.82, 2.24) is 14.1 Å². The molecule has 3 rings (SSSR count). The van der Waals surface area contributed by atoms with Crippen LogP contribution < -0.4 is 0 Å². The zero-order valence-corrected chi connectivity index (χ0v) is 14.0. The molecule has 0 spiro atoms. The Labute approximate surface area is 133 Å². The van der Waals surface area contributed by atoms with Gasteiger partial charge in [-0.2, -0.15) is 9.40 Å². The maximum atomic E-state index is 12.8. The van der Waals surface area contributed by atoms with Gasteiger partial charge in [0.05, 0.1) is 12.7 Å². The van der Waals surface area contributed by atoms with Crippen LogP contribution in [0.4, 0.5) is 0 Å². The molecule has 1 aliphatic rings. The van der Waals surface area contributed by atoms with Crippen LogP contribution in [-0.2, 0) is 23.0 Å². The Hall–Kier alpha value is -0.890. The smallest absolute Gasteiger partial charge is 0.246 e. The summed E-state index contributed by atoms with van der Waals surface area (Å²) in [5, 5.41) is 6.08. The molecular weight excluding hydrogens is 330 g/mol. The standard InChI is InChI=1S/C13H16ClN3O2S2/c1-10-12-3-7-20-13(12)2-5-17(10)21(18,19)11-8-15-16(9-11)6-4-14/h3,7-10H,2,4-6H2,1H3. The van der Waals surface area contributed by atoms with Crippen LogP contribution in [0.3, 0.4) is 0 Å². The third-order valence-corrected chi connectivity index (χ3v) is 6.84. The number of thiophene rings is 1. The van der Waals surface area contributed by atoms with Crippen molar-refractivity contribution in [3.05, 3.63) is 34.3 Å². The summed E-state index contributed by atoms with van der Waals surface area (Å²) < 4.78 is 28.7. The maximum Gasteiger partial charge on any atom is 0.246 e. The summed E-state index contributed by atoms with van der Waals surface area (Å²) in [6, 6.07) is 1.88. The number of rotatable bonds is 4. The number of halogens is 1. The Morgan fingerprint density at radius 3 is 3.10 bits per heavy atom. The fraction of sp³-hybridized carbons (Fsp3) is 0.462. The quantitative estimate of drug-likeness (QED) is 0.800. The van der Waals surface area contributed by atoms with Crippen molar-refractivity contribution in [2.75, 3.05) is 12.4 Å². The molecule has 1 aliphatic heterocycles. The van der Waals surface area contributed by atoms with Crippen molar-refractivity contribution in [2.45, 2.75) is 30.8 Å². The molecule has 0 fully saturated rings. The van der Waals surface area contributed by atoms with Crippen molar-refractivity contribution < 1.29 is 8.42 Å². The number of fused-ring (bicyclic) bond motifs is 1. The molecule has 8 heteroatoms. The topological polar surface area (TPSA) is 55.2 Å². The van der Waals surface area contributed by atoms with Gasteiger partial charge in [0.2, 0.25) is 10.0 Å². The second-order valence-corrected chi connectivity index (χ2v) is 8.24. The lowest BCUT2D eigenvalue weighted by Crippen LogP contribution is -2.38. The van der Waals surface area contributed by atoms with Gasteiger partial charge in [-0.1, -0.05) is 0 Å². The highest BCUT2D eigenvalue weighted by molar-refractivity contribution is 7.89. The number of nitrogens with zero attached hydrogens (tertiary/aromatic N) is 3. The summed E-state index contributed by atoms with van der Waals surface area (Å²) in [5.74, 6) is 0.402. The van der Waals surface area contributed by atoms with E-state index >= 15 is 0 Å². The molecule has 21 heavy (non-hydrogen) atoms. The van der Waals surface area contributed by atoms with Gasteiger partial charge in [-0.05, 0) is 30.4 Å². The van der Waals surface area contributed by atoms with E-state index in [0.29, 0.717) is 19.0 Å². The molecule has 114 valence electrons. The van der Waals surface area contributed by atoms with E-state index in [-0.39, 0.29) is 10.9 Å². The molecule has 2 aromatic rings. The Morgan fingerprint density at radius 2 is 2.33 bits per heavy atom. The minimum absolute atomic E-state index is 0.138. The number of sulfonamides is 1. The first kappa shape index (κ1) is 15.0. The predicted octanol–water partition coefficient (Wildman–Crippen LogP) is 2.49. The average molecular weight is 346 g/mol. The van der Waals surface area contributed by atoms with Gasteiger partial charge in [-0.3, -0.25) is 4.68 Å². The highest BCUT2D eigenvalue weighted by atomic mass is 35.5. The van der Waals surface area contributed by atoms with Gasteiger partial charge >= 0.3 is 0 Å². The minimum Gasteiger partial charge on any atom is -0.270 e. The Balaban J connectivity index is 1.91. The first-order valence-electron chi connectivity index (χ1n) is 6.70. The van der Waals surface area contributed by atoms with Crippen molar-refractivity contribution in [2.24, 2.45) is 0 Å². The molecule has 0 aliphatic carbocycles. The van der Waals surface area contributed by atoms with E-state index in [1.807, 2.05) is 18.4 Å². The highest BCUT2D eigenvalue weighted by Crippen LogP contribution is 2.36. The van der Waals surface area contributed by atoms with Crippen LogP contribution in [0.25, 0.3) is 0 Å². The Bertz CT molecular complexity index is 738. The van der Waals surface area contributed by atoms with Crippen molar-refractivity contribution in [1.29, 1.82) is 0 Å². The molecular formula is C13H16ClN3O2S2. The summed E-state index contributed by atoms with van der Waals surface area (Å²) in [4.78, 5) is 1.52. The Morgan fingerprint density at radius 1 is 1.52 bits per heavy atom. The van der Waals surface area contributed by atoms with Crippen LogP contribution in [0.2, 0.25) is 0 Å². The second kappa shape index (κ2) is 5.72. The van der Waals surface area contributed by atoms with Gasteiger partial charge in [-0.15, -0.1) is 22.9 Å². The summed E-state index contributed by atoms with van der Waals surface area (Å²) in [6.07, 6.45) is 3.72. The van der Waals surface area contributed by atoms with Crippen molar-refractivity contribution >= 4 is 33.0 Å². The summed E-state index contributed by atoms with van der Waals surface area (Å²) in [7, 11) is -3.52. The van der Waals surface area contributed by atoms with Gasteiger partial charge < -0.3 is 0 Å². The molecule has 0 aromatic carbocycles. The molecule has 0 saturated heterocycles. The van der Waals surface area contributed by atoms with Crippen LogP contribution in [0, 0.1) is 0 Å². The fourth-order valence-corrected chi connectivity index (χ4v) is 5.34. The maximum absolute atomic E-state index is 12.8. The number of hydrogen-bond donors (Lipinski definition) is 0. The highest BCUT2D eigenvalue weighted by Gasteiger charge is 2.35. The predicted molar refractivity (Wildman–Crippen MR) is 83.3 cm³/mol. The second-order valence-electron chi connectivity index (χ2n) is 4.97. The van der Waals surface area contributed by atoms with Crippen molar-refractivity contribution in [3.63, 3.8) is 0 Å². The van der Waals surface area contributed by atoms with Crippen LogP contribution >= 0.6 is 22.9 Å². The van der Waals surface area contributed by atoms with E-state index in [2.05, 4.69) is 5.10 Å². The van der Waals surface area contributed by atoms with Gasteiger partial charge in [0.1, 0.15) is 4.90 Å². The summed E-state index contributed by atoms with van der Waals surface area (Å²) in [5.41, 5.74) is 1.11. The largest absolute Gasteiger partial charge is 0.270 e. The van der Waals surface area contributed by atoms with E-state index in [1.54, 1.807) is 26.5 Å². The first-order valence-corrected chi connectivity index (χ1v) is 9.56. The average Bonchev–Trinajstić information content (AvgIpc) is 3.08. The third-order valence-electron chi connectivity index (χ3n) is 3.75. The number of alkyl halides is 1. The van der Waals surface area contributed by atoms with E-state index in [4.69, 9.17) is 11.6 Å². The first-order chi connectivity index (χ1) is 10.0. The van der Waals surface area contributed by atoms with E-state index in [1.165, 1.54) is 11.1 Å². The number of aromatic nitrogens is 2. The fourth-order valence-electron chi connectivity index (χ4n) is 2.64. The zero-order chi connectivity index (χ0) is 15.0. The lowest BCUT2D eigenvalue weighted by molar-refractivity contribution is 0.329. The normalized spacial score (nSPS) is 19.6. The van der Waals surface area contributed by atoms with Gasteiger partial charge in [0, 0.05) is 29.5 Å². The molecule has 3 heterocycles. The molecule has 1 unspecified atom stereocenters. The SMILES string of the molecule is CC1c2ccsc2CCN1S(=O)(=O)c1cnn(CCCl)c1. The molecule has 0 amide bonds. The summed E-state index contributed by atoms with van der Waals surface area (Å²) >= 11 is 7.35. The molecule has 0 radical (unpaired) electrons. The molecule has 2 aromatic heterocycles. The lowest BCUT2D eigenvalue weighted by Gasteiger charge is -2.32. The molecule has 1 atom stereocenters. The molecule has 0 bridgehead atoms. The van der Waals surface area contributed by atoms with Crippen LogP contribution in [0.5, 0.6) is 0 Å². The van der Waals surface area contributed by atoms with E-state index in [9.17, 15) is 8.42 Å². The lowest BCUT2D eigenvalue weighted by atomic mass is 10.0. The van der Waals surface area contributed by atoms with Crippen LogP contribution in [0.15, 0.2) is 28.7 Å². The van der Waals surface area contributed by atoms with Gasteiger partial charge in [0.15, 0.2) is 0 Å².